The van der Waals surface area contributed by atoms with Crippen LogP contribution in [0.15, 0.2) is 24.3 Å². The van der Waals surface area contributed by atoms with Crippen molar-refractivity contribution in [2.45, 2.75) is 65.1 Å². The molecule has 7 heteroatoms. The van der Waals surface area contributed by atoms with Crippen LogP contribution in [0.3, 0.4) is 0 Å². The lowest BCUT2D eigenvalue weighted by atomic mass is 10.1. The standard InChI is InChI=1S/C25H36N4O3/c1-18-15-19(2)29(26-18)17-20(3)27-13-9-21(10-14-27)32-24-16-22(31-4)7-8-23(24)25(30)28-11-5-6-12-28/h7-8,15-16,20-21H,5-6,9-14,17H2,1-4H3. The topological polar surface area (TPSA) is 59.8 Å². The monoisotopic (exact) mass is 440 g/mol. The van der Waals surface area contributed by atoms with E-state index in [1.54, 1.807) is 7.11 Å². The molecule has 3 heterocycles. The number of aromatic nitrogens is 2. The van der Waals surface area contributed by atoms with Gasteiger partial charge in [-0.1, -0.05) is 0 Å². The number of piperidine rings is 1. The highest BCUT2D eigenvalue weighted by Crippen LogP contribution is 2.30. The quantitative estimate of drug-likeness (QED) is 0.657. The van der Waals surface area contributed by atoms with E-state index >= 15 is 0 Å². The Labute approximate surface area is 191 Å². The predicted octanol–water partition coefficient (Wildman–Crippen LogP) is 3.68. The minimum atomic E-state index is 0.0658. The van der Waals surface area contributed by atoms with Gasteiger partial charge in [-0.05, 0) is 64.7 Å². The van der Waals surface area contributed by atoms with Crippen LogP contribution in [0, 0.1) is 13.8 Å². The summed E-state index contributed by atoms with van der Waals surface area (Å²) in [4.78, 5) is 17.5. The zero-order valence-electron chi connectivity index (χ0n) is 19.8. The maximum Gasteiger partial charge on any atom is 0.257 e. The van der Waals surface area contributed by atoms with Crippen molar-refractivity contribution in [2.24, 2.45) is 0 Å². The van der Waals surface area contributed by atoms with Crippen molar-refractivity contribution in [2.75, 3.05) is 33.3 Å². The molecule has 2 aromatic rings. The van der Waals surface area contributed by atoms with E-state index in [4.69, 9.17) is 9.47 Å². The number of likely N-dealkylation sites (tertiary alicyclic amines) is 2. The number of aryl methyl sites for hydroxylation is 2. The van der Waals surface area contributed by atoms with Gasteiger partial charge in [0.1, 0.15) is 17.6 Å². The molecule has 2 saturated heterocycles. The molecule has 174 valence electrons. The lowest BCUT2D eigenvalue weighted by Gasteiger charge is -2.36. The summed E-state index contributed by atoms with van der Waals surface area (Å²) < 4.78 is 13.9. The number of methoxy groups -OCH3 is 1. The fourth-order valence-electron chi connectivity index (χ4n) is 4.83. The summed E-state index contributed by atoms with van der Waals surface area (Å²) in [6.45, 7) is 10.9. The number of carbonyl (C=O) groups is 1. The van der Waals surface area contributed by atoms with Crippen LogP contribution in [0.1, 0.15) is 54.4 Å². The van der Waals surface area contributed by atoms with E-state index in [1.165, 1.54) is 5.69 Å². The van der Waals surface area contributed by atoms with E-state index in [0.29, 0.717) is 23.1 Å². The first-order valence-corrected chi connectivity index (χ1v) is 11.8. The number of hydrogen-bond acceptors (Lipinski definition) is 5. The van der Waals surface area contributed by atoms with Crippen LogP contribution in [-0.2, 0) is 6.54 Å². The minimum Gasteiger partial charge on any atom is -0.497 e. The zero-order chi connectivity index (χ0) is 22.7. The maximum absolute atomic E-state index is 13.0. The predicted molar refractivity (Wildman–Crippen MR) is 125 cm³/mol. The molecule has 1 aromatic heterocycles. The van der Waals surface area contributed by atoms with Gasteiger partial charge in [-0.25, -0.2) is 0 Å². The Hall–Kier alpha value is -2.54. The molecule has 2 aliphatic heterocycles. The molecule has 0 N–H and O–H groups in total. The van der Waals surface area contributed by atoms with Gasteiger partial charge in [-0.2, -0.15) is 5.10 Å². The third-order valence-electron chi connectivity index (χ3n) is 6.75. The Balaban J connectivity index is 1.38. The van der Waals surface area contributed by atoms with Crippen LogP contribution < -0.4 is 9.47 Å². The molecule has 0 saturated carbocycles. The first-order chi connectivity index (χ1) is 15.4. The van der Waals surface area contributed by atoms with Crippen molar-refractivity contribution in [3.8, 4) is 11.5 Å². The fourth-order valence-corrected chi connectivity index (χ4v) is 4.83. The lowest BCUT2D eigenvalue weighted by molar-refractivity contribution is 0.0695. The normalized spacial score (nSPS) is 18.7. The maximum atomic E-state index is 13.0. The number of amides is 1. The molecule has 2 aliphatic rings. The van der Waals surface area contributed by atoms with Gasteiger partial charge >= 0.3 is 0 Å². The van der Waals surface area contributed by atoms with Crippen LogP contribution in [0.5, 0.6) is 11.5 Å². The number of ether oxygens (including phenoxy) is 2. The van der Waals surface area contributed by atoms with Gasteiger partial charge in [0.05, 0.1) is 24.9 Å². The number of hydrogen-bond donors (Lipinski definition) is 0. The van der Waals surface area contributed by atoms with E-state index in [1.807, 2.05) is 30.0 Å². The summed E-state index contributed by atoms with van der Waals surface area (Å²) in [5.74, 6) is 1.43. The van der Waals surface area contributed by atoms with Gasteiger partial charge in [-0.15, -0.1) is 0 Å². The van der Waals surface area contributed by atoms with Gasteiger partial charge in [0.15, 0.2) is 0 Å². The molecule has 32 heavy (non-hydrogen) atoms. The molecule has 1 amide bonds. The third kappa shape index (κ3) is 5.09. The number of benzene rings is 1. The number of carbonyl (C=O) groups excluding carboxylic acids is 1. The molecule has 0 spiro atoms. The van der Waals surface area contributed by atoms with Gasteiger partial charge < -0.3 is 14.4 Å². The summed E-state index contributed by atoms with van der Waals surface area (Å²) >= 11 is 0. The molecule has 0 bridgehead atoms. The number of rotatable bonds is 7. The minimum absolute atomic E-state index is 0.0658. The smallest absolute Gasteiger partial charge is 0.257 e. The van der Waals surface area contributed by atoms with Crippen LogP contribution >= 0.6 is 0 Å². The zero-order valence-corrected chi connectivity index (χ0v) is 19.8. The lowest BCUT2D eigenvalue weighted by Crippen LogP contribution is -2.44. The summed E-state index contributed by atoms with van der Waals surface area (Å²) in [5.41, 5.74) is 2.92. The number of nitrogens with zero attached hydrogens (tertiary/aromatic N) is 4. The highest BCUT2D eigenvalue weighted by Gasteiger charge is 2.27. The average molecular weight is 441 g/mol. The summed E-state index contributed by atoms with van der Waals surface area (Å²) in [6, 6.07) is 8.10. The first kappa shape index (κ1) is 22.6. The second kappa shape index (κ2) is 9.94. The fraction of sp³-hybridized carbons (Fsp3) is 0.600. The molecule has 4 rings (SSSR count). The van der Waals surface area contributed by atoms with Crippen molar-refractivity contribution < 1.29 is 14.3 Å². The SMILES string of the molecule is COc1ccc(C(=O)N2CCCC2)c(OC2CCN(C(C)Cn3nc(C)cc3C)CC2)c1. The van der Waals surface area contributed by atoms with Crippen LogP contribution in [0.4, 0.5) is 0 Å². The van der Waals surface area contributed by atoms with Crippen molar-refractivity contribution in [1.29, 1.82) is 0 Å². The van der Waals surface area contributed by atoms with Gasteiger partial charge in [-0.3, -0.25) is 14.4 Å². The summed E-state index contributed by atoms with van der Waals surface area (Å²) in [6.07, 6.45) is 4.13. The Bertz CT molecular complexity index is 927. The second-order valence-corrected chi connectivity index (χ2v) is 9.17. The Kier molecular flexibility index (Phi) is 7.04. The van der Waals surface area contributed by atoms with E-state index in [-0.39, 0.29) is 12.0 Å². The first-order valence-electron chi connectivity index (χ1n) is 11.8. The molecule has 7 nitrogen and oxygen atoms in total. The highest BCUT2D eigenvalue weighted by molar-refractivity contribution is 5.97. The van der Waals surface area contributed by atoms with Gasteiger partial charge in [0, 0.05) is 44.0 Å². The molecule has 2 fully saturated rings. The van der Waals surface area contributed by atoms with Crippen molar-refractivity contribution in [3.05, 3.63) is 41.2 Å². The molecule has 1 aromatic carbocycles. The average Bonchev–Trinajstić information content (AvgIpc) is 3.43. The van der Waals surface area contributed by atoms with Crippen molar-refractivity contribution in [1.82, 2.24) is 19.6 Å². The highest BCUT2D eigenvalue weighted by atomic mass is 16.5. The van der Waals surface area contributed by atoms with Crippen molar-refractivity contribution >= 4 is 5.91 Å². The summed E-state index contributed by atoms with van der Waals surface area (Å²) in [7, 11) is 1.64. The van der Waals surface area contributed by atoms with E-state index in [9.17, 15) is 4.79 Å². The Morgan fingerprint density at radius 1 is 1.12 bits per heavy atom. The third-order valence-corrected chi connectivity index (χ3v) is 6.75. The largest absolute Gasteiger partial charge is 0.497 e. The molecule has 1 unspecified atom stereocenters. The van der Waals surface area contributed by atoms with Gasteiger partial charge in [0.2, 0.25) is 0 Å². The molecule has 0 aliphatic carbocycles. The van der Waals surface area contributed by atoms with Crippen LogP contribution in [0.25, 0.3) is 0 Å². The molecular weight excluding hydrogens is 404 g/mol. The van der Waals surface area contributed by atoms with E-state index in [2.05, 4.69) is 34.6 Å². The van der Waals surface area contributed by atoms with Crippen LogP contribution in [-0.4, -0.2) is 70.9 Å². The molecule has 1 atom stereocenters. The van der Waals surface area contributed by atoms with E-state index < -0.39 is 0 Å². The van der Waals surface area contributed by atoms with Crippen molar-refractivity contribution in [3.63, 3.8) is 0 Å². The summed E-state index contributed by atoms with van der Waals surface area (Å²) in [5, 5.41) is 4.61. The van der Waals surface area contributed by atoms with E-state index in [0.717, 1.165) is 64.1 Å². The second-order valence-electron chi connectivity index (χ2n) is 9.17. The van der Waals surface area contributed by atoms with Crippen LogP contribution in [0.2, 0.25) is 0 Å². The Morgan fingerprint density at radius 2 is 1.84 bits per heavy atom. The molecule has 0 radical (unpaired) electrons. The van der Waals surface area contributed by atoms with Gasteiger partial charge in [0.25, 0.3) is 5.91 Å². The molecular formula is C25H36N4O3. The Morgan fingerprint density at radius 3 is 2.47 bits per heavy atom.